The summed E-state index contributed by atoms with van der Waals surface area (Å²) in [5.74, 6) is -0.229. The third-order valence-electron chi connectivity index (χ3n) is 4.40. The van der Waals surface area contributed by atoms with Crippen LogP contribution in [0.15, 0.2) is 71.6 Å². The predicted molar refractivity (Wildman–Crippen MR) is 109 cm³/mol. The molecule has 0 aliphatic rings. The molecule has 3 aromatic rings. The molecule has 1 atom stereocenters. The molecule has 0 radical (unpaired) electrons. The van der Waals surface area contributed by atoms with Crippen LogP contribution in [-0.4, -0.2) is 27.1 Å². The Hall–Kier alpha value is -2.70. The molecule has 0 saturated carbocycles. The van der Waals surface area contributed by atoms with Crippen LogP contribution < -0.4 is 10.6 Å². The third-order valence-corrected chi connectivity index (χ3v) is 5.51. The lowest BCUT2D eigenvalue weighted by Crippen LogP contribution is -2.30. The number of hydrogen-bond donors (Lipinski definition) is 2. The van der Waals surface area contributed by atoms with Crippen LogP contribution in [0.4, 0.5) is 5.69 Å². The largest absolute Gasteiger partial charge is 0.325 e. The van der Waals surface area contributed by atoms with Crippen LogP contribution in [-0.2, 0) is 14.6 Å². The number of hydrogen-bond acceptors (Lipinski definition) is 4. The zero-order chi connectivity index (χ0) is 19.4. The molecule has 1 amide bonds. The summed E-state index contributed by atoms with van der Waals surface area (Å²) in [5.41, 5.74) is 1.59. The number of nitrogens with one attached hydrogen (secondary N) is 2. The van der Waals surface area contributed by atoms with Crippen molar-refractivity contribution in [3.8, 4) is 0 Å². The van der Waals surface area contributed by atoms with Gasteiger partial charge in [-0.15, -0.1) is 0 Å². The second kappa shape index (κ2) is 7.90. The molecular weight excluding hydrogens is 360 g/mol. The van der Waals surface area contributed by atoms with Gasteiger partial charge in [0.25, 0.3) is 0 Å². The maximum Gasteiger partial charge on any atom is 0.238 e. The van der Waals surface area contributed by atoms with Gasteiger partial charge in [-0.2, -0.15) is 0 Å². The normalized spacial score (nSPS) is 12.7. The van der Waals surface area contributed by atoms with Gasteiger partial charge in [-0.25, -0.2) is 8.42 Å². The zero-order valence-corrected chi connectivity index (χ0v) is 16.1. The Labute approximate surface area is 159 Å². The van der Waals surface area contributed by atoms with Crippen LogP contribution in [0, 0.1) is 0 Å². The second-order valence-electron chi connectivity index (χ2n) is 6.52. The highest BCUT2D eigenvalue weighted by molar-refractivity contribution is 7.90. The van der Waals surface area contributed by atoms with Gasteiger partial charge in [-0.3, -0.25) is 4.79 Å². The van der Waals surface area contributed by atoms with Gasteiger partial charge < -0.3 is 10.6 Å². The SMILES string of the molecule is C[C@@H](NCC(=O)Nc1cccc(S(C)(=O)=O)c1)c1cccc2ccccc12. The predicted octanol–water partition coefficient (Wildman–Crippen LogP) is 3.53. The molecule has 3 aromatic carbocycles. The van der Waals surface area contributed by atoms with Crippen molar-refractivity contribution >= 4 is 32.2 Å². The molecule has 0 saturated heterocycles. The molecule has 0 fully saturated rings. The van der Waals surface area contributed by atoms with Crippen molar-refractivity contribution in [2.75, 3.05) is 18.1 Å². The Balaban J connectivity index is 1.65. The van der Waals surface area contributed by atoms with E-state index < -0.39 is 9.84 Å². The van der Waals surface area contributed by atoms with Gasteiger partial charge in [0.1, 0.15) is 0 Å². The molecule has 3 rings (SSSR count). The maximum atomic E-state index is 12.2. The summed E-state index contributed by atoms with van der Waals surface area (Å²) in [5, 5.41) is 8.27. The smallest absolute Gasteiger partial charge is 0.238 e. The van der Waals surface area contributed by atoms with Crippen molar-refractivity contribution in [1.29, 1.82) is 0 Å². The molecule has 6 heteroatoms. The number of carbonyl (C=O) groups excluding carboxylic acids is 1. The summed E-state index contributed by atoms with van der Waals surface area (Å²) in [4.78, 5) is 12.4. The van der Waals surface area contributed by atoms with Gasteiger partial charge in [0, 0.05) is 18.0 Å². The molecule has 0 aromatic heterocycles. The molecule has 5 nitrogen and oxygen atoms in total. The first-order chi connectivity index (χ1) is 12.8. The summed E-state index contributed by atoms with van der Waals surface area (Å²) >= 11 is 0. The van der Waals surface area contributed by atoms with Gasteiger partial charge in [-0.1, -0.05) is 48.5 Å². The molecule has 0 unspecified atom stereocenters. The molecule has 0 spiro atoms. The van der Waals surface area contributed by atoms with E-state index in [9.17, 15) is 13.2 Å². The van der Waals surface area contributed by atoms with Crippen molar-refractivity contribution in [2.24, 2.45) is 0 Å². The highest BCUT2D eigenvalue weighted by atomic mass is 32.2. The number of fused-ring (bicyclic) bond motifs is 1. The first kappa shape index (κ1) is 19.1. The number of rotatable bonds is 6. The third kappa shape index (κ3) is 4.72. The van der Waals surface area contributed by atoms with Crippen molar-refractivity contribution < 1.29 is 13.2 Å². The van der Waals surface area contributed by atoms with Crippen LogP contribution >= 0.6 is 0 Å². The number of amides is 1. The van der Waals surface area contributed by atoms with E-state index in [0.717, 1.165) is 22.6 Å². The van der Waals surface area contributed by atoms with Crippen LogP contribution in [0.3, 0.4) is 0 Å². The molecule has 0 bridgehead atoms. The highest BCUT2D eigenvalue weighted by Gasteiger charge is 2.12. The Kier molecular flexibility index (Phi) is 5.58. The number of carbonyl (C=O) groups is 1. The van der Waals surface area contributed by atoms with Crippen molar-refractivity contribution in [3.63, 3.8) is 0 Å². The average Bonchev–Trinajstić information content (AvgIpc) is 2.65. The van der Waals surface area contributed by atoms with Crippen LogP contribution in [0.25, 0.3) is 10.8 Å². The average molecular weight is 382 g/mol. The monoisotopic (exact) mass is 382 g/mol. The molecule has 0 heterocycles. The summed E-state index contributed by atoms with van der Waals surface area (Å²) in [6, 6.07) is 20.5. The molecule has 140 valence electrons. The molecule has 0 aliphatic heterocycles. The van der Waals surface area contributed by atoms with E-state index in [-0.39, 0.29) is 23.4 Å². The zero-order valence-electron chi connectivity index (χ0n) is 15.3. The van der Waals surface area contributed by atoms with E-state index in [1.54, 1.807) is 12.1 Å². The van der Waals surface area contributed by atoms with E-state index in [0.29, 0.717) is 5.69 Å². The summed E-state index contributed by atoms with van der Waals surface area (Å²) in [6.07, 6.45) is 1.14. The molecule has 0 aliphatic carbocycles. The minimum Gasteiger partial charge on any atom is -0.325 e. The van der Waals surface area contributed by atoms with Gasteiger partial charge in [0.2, 0.25) is 5.91 Å². The minimum atomic E-state index is -3.31. The van der Waals surface area contributed by atoms with Crippen LogP contribution in [0.2, 0.25) is 0 Å². The van der Waals surface area contributed by atoms with Crippen molar-refractivity contribution in [1.82, 2.24) is 5.32 Å². The summed E-state index contributed by atoms with van der Waals surface area (Å²) < 4.78 is 23.2. The van der Waals surface area contributed by atoms with E-state index in [1.807, 2.05) is 31.2 Å². The molecule has 27 heavy (non-hydrogen) atoms. The van der Waals surface area contributed by atoms with E-state index in [2.05, 4.69) is 28.8 Å². The van der Waals surface area contributed by atoms with Gasteiger partial charge >= 0.3 is 0 Å². The standard InChI is InChI=1S/C21H22N2O3S/c1-15(19-12-5-8-16-7-3-4-11-20(16)19)22-14-21(24)23-17-9-6-10-18(13-17)27(2,25)26/h3-13,15,22H,14H2,1-2H3,(H,23,24)/t15-/m1/s1. The lowest BCUT2D eigenvalue weighted by Gasteiger charge is -2.16. The highest BCUT2D eigenvalue weighted by Crippen LogP contribution is 2.24. The first-order valence-corrected chi connectivity index (χ1v) is 10.5. The Bertz CT molecular complexity index is 1070. The maximum absolute atomic E-state index is 12.2. The van der Waals surface area contributed by atoms with E-state index >= 15 is 0 Å². The number of benzene rings is 3. The Morgan fingerprint density at radius 3 is 2.48 bits per heavy atom. The lowest BCUT2D eigenvalue weighted by molar-refractivity contribution is -0.115. The molecular formula is C21H22N2O3S. The molecule has 2 N–H and O–H groups in total. The topological polar surface area (TPSA) is 75.3 Å². The summed E-state index contributed by atoms with van der Waals surface area (Å²) in [6.45, 7) is 2.13. The fourth-order valence-electron chi connectivity index (χ4n) is 2.99. The van der Waals surface area contributed by atoms with Gasteiger partial charge in [0.05, 0.1) is 11.4 Å². The first-order valence-electron chi connectivity index (χ1n) is 8.65. The van der Waals surface area contributed by atoms with Crippen molar-refractivity contribution in [2.45, 2.75) is 17.9 Å². The quantitative estimate of drug-likeness (QED) is 0.684. The summed E-state index contributed by atoms with van der Waals surface area (Å²) in [7, 11) is -3.31. The van der Waals surface area contributed by atoms with Crippen molar-refractivity contribution in [3.05, 3.63) is 72.3 Å². The fourth-order valence-corrected chi connectivity index (χ4v) is 3.66. The lowest BCUT2D eigenvalue weighted by atomic mass is 10.00. The number of anilines is 1. The second-order valence-corrected chi connectivity index (χ2v) is 8.53. The number of sulfone groups is 1. The van der Waals surface area contributed by atoms with E-state index in [1.165, 1.54) is 12.1 Å². The van der Waals surface area contributed by atoms with Gasteiger partial charge in [0.15, 0.2) is 9.84 Å². The Morgan fingerprint density at radius 2 is 1.70 bits per heavy atom. The van der Waals surface area contributed by atoms with Gasteiger partial charge in [-0.05, 0) is 41.5 Å². The minimum absolute atomic E-state index is 0.01000. The van der Waals surface area contributed by atoms with Crippen LogP contribution in [0.1, 0.15) is 18.5 Å². The Morgan fingerprint density at radius 1 is 1.00 bits per heavy atom. The fraction of sp³-hybridized carbons (Fsp3) is 0.190. The van der Waals surface area contributed by atoms with E-state index in [4.69, 9.17) is 0 Å². The van der Waals surface area contributed by atoms with Crippen LogP contribution in [0.5, 0.6) is 0 Å².